The zero-order chi connectivity index (χ0) is 7.98. The van der Waals surface area contributed by atoms with Crippen molar-refractivity contribution in [3.8, 4) is 11.8 Å². The summed E-state index contributed by atoms with van der Waals surface area (Å²) in [6.45, 7) is 5.60. The van der Waals surface area contributed by atoms with Crippen molar-refractivity contribution in [2.75, 3.05) is 0 Å². The highest BCUT2D eigenvalue weighted by Gasteiger charge is 2.03. The van der Waals surface area contributed by atoms with Gasteiger partial charge in [-0.15, -0.1) is 35.0 Å². The van der Waals surface area contributed by atoms with Gasteiger partial charge in [0.1, 0.15) is 4.84 Å². The summed E-state index contributed by atoms with van der Waals surface area (Å²) in [5, 5.41) is 0. The molecule has 1 unspecified atom stereocenters. The number of rotatable bonds is 2. The highest BCUT2D eigenvalue weighted by molar-refractivity contribution is 6.44. The van der Waals surface area contributed by atoms with Crippen molar-refractivity contribution < 1.29 is 0 Å². The van der Waals surface area contributed by atoms with E-state index in [0.29, 0.717) is 6.42 Å². The maximum absolute atomic E-state index is 5.53. The topological polar surface area (TPSA) is 0 Å². The number of halogens is 2. The van der Waals surface area contributed by atoms with Crippen LogP contribution in [-0.2, 0) is 0 Å². The van der Waals surface area contributed by atoms with Gasteiger partial charge in [0.05, 0.1) is 0 Å². The molecule has 0 aliphatic heterocycles. The number of hydrogen-bond acceptors (Lipinski definition) is 0. The summed E-state index contributed by atoms with van der Waals surface area (Å²) < 4.78 is 0. The van der Waals surface area contributed by atoms with Crippen LogP contribution in [0.5, 0.6) is 0 Å². The first kappa shape index (κ1) is 10.1. The fraction of sp³-hybridized carbons (Fsp3) is 0.625. The van der Waals surface area contributed by atoms with Crippen molar-refractivity contribution in [2.24, 2.45) is 5.92 Å². The molecule has 0 aliphatic rings. The Kier molecular flexibility index (Phi) is 5.97. The molecule has 0 rings (SSSR count). The maximum Gasteiger partial charge on any atom is 0.109 e. The van der Waals surface area contributed by atoms with Gasteiger partial charge in [-0.2, -0.15) is 0 Å². The van der Waals surface area contributed by atoms with E-state index in [1.165, 1.54) is 0 Å². The van der Waals surface area contributed by atoms with Crippen LogP contribution in [0.4, 0.5) is 0 Å². The molecule has 0 aromatic heterocycles. The van der Waals surface area contributed by atoms with Gasteiger partial charge >= 0.3 is 0 Å². The van der Waals surface area contributed by atoms with Gasteiger partial charge < -0.3 is 0 Å². The zero-order valence-corrected chi connectivity index (χ0v) is 7.54. The van der Waals surface area contributed by atoms with Crippen molar-refractivity contribution in [1.29, 1.82) is 0 Å². The van der Waals surface area contributed by atoms with Crippen LogP contribution in [0.25, 0.3) is 0 Å². The molecule has 10 heavy (non-hydrogen) atoms. The lowest BCUT2D eigenvalue weighted by atomic mass is 10.1. The minimum Gasteiger partial charge on any atom is -0.105 e. The third-order valence-corrected chi connectivity index (χ3v) is 1.36. The molecule has 0 aromatic carbocycles. The zero-order valence-electron chi connectivity index (χ0n) is 6.03. The third kappa shape index (κ3) is 6.26. The quantitative estimate of drug-likeness (QED) is 0.450. The Balaban J connectivity index is 3.52. The Morgan fingerprint density at radius 1 is 1.50 bits per heavy atom. The second kappa shape index (κ2) is 5.89. The molecule has 0 spiro atoms. The first-order valence-electron chi connectivity index (χ1n) is 3.22. The summed E-state index contributed by atoms with van der Waals surface area (Å²) in [6.07, 6.45) is 1.38. The van der Waals surface area contributed by atoms with Crippen molar-refractivity contribution >= 4 is 23.2 Å². The van der Waals surface area contributed by atoms with Crippen LogP contribution in [-0.4, -0.2) is 4.84 Å². The van der Waals surface area contributed by atoms with Crippen molar-refractivity contribution in [2.45, 2.75) is 24.6 Å². The molecule has 0 aromatic rings. The Morgan fingerprint density at radius 2 is 2.10 bits per heavy atom. The summed E-state index contributed by atoms with van der Waals surface area (Å²) in [5.74, 6) is 6.14. The summed E-state index contributed by atoms with van der Waals surface area (Å²) in [4.78, 5) is -0.297. The smallest absolute Gasteiger partial charge is 0.105 e. The Labute approximate surface area is 72.9 Å². The molecule has 0 aliphatic carbocycles. The predicted octanol–water partition coefficient (Wildman–Crippen LogP) is 3.04. The molecule has 0 heterocycles. The van der Waals surface area contributed by atoms with E-state index in [1.54, 1.807) is 0 Å². The van der Waals surface area contributed by atoms with Crippen molar-refractivity contribution in [3.05, 3.63) is 6.92 Å². The minimum absolute atomic E-state index is 0.279. The normalized spacial score (nSPS) is 12.5. The van der Waals surface area contributed by atoms with Crippen LogP contribution in [0.2, 0.25) is 0 Å². The van der Waals surface area contributed by atoms with E-state index in [9.17, 15) is 0 Å². The summed E-state index contributed by atoms with van der Waals surface area (Å²) in [5.41, 5.74) is 0. The molecule has 0 fully saturated rings. The maximum atomic E-state index is 5.53. The van der Waals surface area contributed by atoms with Crippen LogP contribution in [0.3, 0.4) is 0 Å². The van der Waals surface area contributed by atoms with E-state index < -0.39 is 0 Å². The summed E-state index contributed by atoms with van der Waals surface area (Å²) in [7, 11) is 0. The summed E-state index contributed by atoms with van der Waals surface area (Å²) >= 11 is 11.1. The highest BCUT2D eigenvalue weighted by atomic mass is 35.5. The first-order valence-corrected chi connectivity index (χ1v) is 4.10. The SMILES string of the molecule is [CH2]CC#CC(C)CC(Cl)Cl. The molecule has 1 atom stereocenters. The second-order valence-corrected chi connectivity index (χ2v) is 3.38. The van der Waals surface area contributed by atoms with Gasteiger partial charge in [-0.1, -0.05) is 6.92 Å². The van der Waals surface area contributed by atoms with Gasteiger partial charge in [-0.3, -0.25) is 0 Å². The average Bonchev–Trinajstić information content (AvgIpc) is 1.82. The molecule has 0 bridgehead atoms. The molecule has 0 saturated carbocycles. The lowest BCUT2D eigenvalue weighted by Gasteiger charge is -2.02. The van der Waals surface area contributed by atoms with E-state index >= 15 is 0 Å². The third-order valence-electron chi connectivity index (χ3n) is 1.01. The minimum atomic E-state index is -0.297. The highest BCUT2D eigenvalue weighted by Crippen LogP contribution is 2.13. The van der Waals surface area contributed by atoms with Gasteiger partial charge in [0, 0.05) is 12.3 Å². The second-order valence-electron chi connectivity index (χ2n) is 2.10. The molecule has 2 heteroatoms. The first-order chi connectivity index (χ1) is 4.66. The van der Waals surface area contributed by atoms with Crippen molar-refractivity contribution in [3.63, 3.8) is 0 Å². The molecule has 0 saturated heterocycles. The van der Waals surface area contributed by atoms with Crippen LogP contribution in [0, 0.1) is 24.7 Å². The van der Waals surface area contributed by atoms with E-state index in [4.69, 9.17) is 23.2 Å². The molecule has 0 nitrogen and oxygen atoms in total. The van der Waals surface area contributed by atoms with Crippen LogP contribution < -0.4 is 0 Å². The number of hydrogen-bond donors (Lipinski definition) is 0. The van der Waals surface area contributed by atoms with Crippen LogP contribution in [0.15, 0.2) is 0 Å². The van der Waals surface area contributed by atoms with Gasteiger partial charge in [0.25, 0.3) is 0 Å². The fourth-order valence-corrected chi connectivity index (χ4v) is 1.11. The van der Waals surface area contributed by atoms with Crippen molar-refractivity contribution in [1.82, 2.24) is 0 Å². The van der Waals surface area contributed by atoms with E-state index in [1.807, 2.05) is 6.92 Å². The molecular weight excluding hydrogens is 167 g/mol. The standard InChI is InChI=1S/C8H11Cl2/c1-3-4-5-7(2)6-8(9)10/h7-8H,1,3,6H2,2H3. The van der Waals surface area contributed by atoms with E-state index in [0.717, 1.165) is 6.42 Å². The lowest BCUT2D eigenvalue weighted by molar-refractivity contribution is 0.707. The van der Waals surface area contributed by atoms with E-state index in [2.05, 4.69) is 18.8 Å². The Hall–Kier alpha value is 0.140. The molecule has 0 N–H and O–H groups in total. The number of alkyl halides is 2. The molecular formula is C8H11Cl2. The monoisotopic (exact) mass is 177 g/mol. The molecule has 57 valence electrons. The average molecular weight is 178 g/mol. The molecule has 1 radical (unpaired) electrons. The van der Waals surface area contributed by atoms with Gasteiger partial charge in [-0.05, 0) is 13.3 Å². The lowest BCUT2D eigenvalue weighted by Crippen LogP contribution is -1.96. The van der Waals surface area contributed by atoms with Crippen LogP contribution in [0.1, 0.15) is 19.8 Å². The summed E-state index contributed by atoms with van der Waals surface area (Å²) in [6, 6.07) is 0. The van der Waals surface area contributed by atoms with Crippen LogP contribution >= 0.6 is 23.2 Å². The van der Waals surface area contributed by atoms with Gasteiger partial charge in [0.15, 0.2) is 0 Å². The predicted molar refractivity (Wildman–Crippen MR) is 47.0 cm³/mol. The van der Waals surface area contributed by atoms with Gasteiger partial charge in [-0.25, -0.2) is 0 Å². The Bertz CT molecular complexity index is 130. The van der Waals surface area contributed by atoms with Gasteiger partial charge in [0.2, 0.25) is 0 Å². The largest absolute Gasteiger partial charge is 0.109 e. The van der Waals surface area contributed by atoms with E-state index in [-0.39, 0.29) is 10.8 Å². The fourth-order valence-electron chi connectivity index (χ4n) is 0.573. The molecule has 0 amide bonds. The Morgan fingerprint density at radius 3 is 2.50 bits per heavy atom.